The topological polar surface area (TPSA) is 89.8 Å². The van der Waals surface area contributed by atoms with E-state index in [1.165, 1.54) is 70.6 Å². The maximum atomic E-state index is 12.2. The van der Waals surface area contributed by atoms with Gasteiger partial charge in [-0.3, -0.25) is 4.79 Å². The zero-order chi connectivity index (χ0) is 24.6. The Morgan fingerprint density at radius 1 is 0.727 bits per heavy atom. The van der Waals surface area contributed by atoms with Crippen LogP contribution in [0.3, 0.4) is 0 Å². The molecule has 0 aliphatic rings. The maximum Gasteiger partial charge on any atom is 0.220 e. The lowest BCUT2D eigenvalue weighted by molar-refractivity contribution is -0.124. The van der Waals surface area contributed by atoms with Gasteiger partial charge in [-0.2, -0.15) is 0 Å². The lowest BCUT2D eigenvalue weighted by Crippen LogP contribution is -2.50. The lowest BCUT2D eigenvalue weighted by Gasteiger charge is -2.26. The number of aliphatic hydroxyl groups is 3. The molecule has 0 rings (SSSR count). The van der Waals surface area contributed by atoms with Crippen molar-refractivity contribution in [3.05, 3.63) is 12.2 Å². The summed E-state index contributed by atoms with van der Waals surface area (Å²) in [5, 5.41) is 32.9. The van der Waals surface area contributed by atoms with Crippen LogP contribution in [0.4, 0.5) is 0 Å². The molecule has 0 bridgehead atoms. The fourth-order valence-corrected chi connectivity index (χ4v) is 4.10. The lowest BCUT2D eigenvalue weighted by atomic mass is 9.99. The summed E-state index contributed by atoms with van der Waals surface area (Å²) < 4.78 is 0. The van der Waals surface area contributed by atoms with Gasteiger partial charge in [-0.05, 0) is 32.1 Å². The van der Waals surface area contributed by atoms with Crippen LogP contribution in [0.2, 0.25) is 0 Å². The number of hydrogen-bond donors (Lipinski definition) is 4. The molecule has 0 saturated carbocycles. The van der Waals surface area contributed by atoms with E-state index in [1.54, 1.807) is 0 Å². The van der Waals surface area contributed by atoms with Crippen molar-refractivity contribution in [2.75, 3.05) is 6.61 Å². The van der Waals surface area contributed by atoms with Crippen molar-refractivity contribution in [1.29, 1.82) is 0 Å². The van der Waals surface area contributed by atoms with Gasteiger partial charge in [0.05, 0.1) is 18.8 Å². The van der Waals surface area contributed by atoms with Gasteiger partial charge in [0.2, 0.25) is 5.91 Å². The molecular weight excluding hydrogens is 414 g/mol. The van der Waals surface area contributed by atoms with Gasteiger partial charge in [0.1, 0.15) is 6.10 Å². The van der Waals surface area contributed by atoms with Crippen LogP contribution in [0.15, 0.2) is 12.2 Å². The summed E-state index contributed by atoms with van der Waals surface area (Å²) in [6.07, 6.45) is 23.0. The van der Waals surface area contributed by atoms with E-state index in [0.29, 0.717) is 12.8 Å². The molecule has 0 aromatic rings. The van der Waals surface area contributed by atoms with E-state index in [4.69, 9.17) is 0 Å². The molecule has 196 valence electrons. The van der Waals surface area contributed by atoms with Crippen molar-refractivity contribution in [3.8, 4) is 0 Å². The minimum atomic E-state index is -1.14. The van der Waals surface area contributed by atoms with E-state index < -0.39 is 18.2 Å². The van der Waals surface area contributed by atoms with Gasteiger partial charge >= 0.3 is 0 Å². The summed E-state index contributed by atoms with van der Waals surface area (Å²) in [5.41, 5.74) is 0. The Hall–Kier alpha value is -0.910. The Morgan fingerprint density at radius 3 is 1.76 bits per heavy atom. The van der Waals surface area contributed by atoms with E-state index in [1.807, 2.05) is 0 Å². The van der Waals surface area contributed by atoms with Gasteiger partial charge in [0.25, 0.3) is 0 Å². The monoisotopic (exact) mass is 469 g/mol. The molecule has 0 aliphatic carbocycles. The highest BCUT2D eigenvalue weighted by atomic mass is 16.3. The molecule has 0 heterocycles. The van der Waals surface area contributed by atoms with Gasteiger partial charge in [-0.25, -0.2) is 0 Å². The van der Waals surface area contributed by atoms with Crippen LogP contribution in [0.5, 0.6) is 0 Å². The summed E-state index contributed by atoms with van der Waals surface area (Å²) in [6.45, 7) is 4.07. The maximum absolute atomic E-state index is 12.2. The van der Waals surface area contributed by atoms with Crippen molar-refractivity contribution >= 4 is 5.91 Å². The van der Waals surface area contributed by atoms with Gasteiger partial charge in [-0.15, -0.1) is 0 Å². The molecule has 3 unspecified atom stereocenters. The molecule has 0 spiro atoms. The highest BCUT2D eigenvalue weighted by Gasteiger charge is 2.26. The van der Waals surface area contributed by atoms with Crippen LogP contribution in [0.25, 0.3) is 0 Å². The van der Waals surface area contributed by atoms with Crippen LogP contribution in [0.1, 0.15) is 136 Å². The van der Waals surface area contributed by atoms with E-state index >= 15 is 0 Å². The van der Waals surface area contributed by atoms with Crippen molar-refractivity contribution in [3.63, 3.8) is 0 Å². The fraction of sp³-hybridized carbons (Fsp3) is 0.893. The number of aliphatic hydroxyl groups excluding tert-OH is 3. The third-order valence-electron chi connectivity index (χ3n) is 6.37. The average Bonchev–Trinajstić information content (AvgIpc) is 2.82. The van der Waals surface area contributed by atoms with Crippen LogP contribution in [0, 0.1) is 0 Å². The predicted molar refractivity (Wildman–Crippen MR) is 139 cm³/mol. The van der Waals surface area contributed by atoms with Crippen LogP contribution < -0.4 is 5.32 Å². The molecule has 0 aliphatic heterocycles. The predicted octanol–water partition coefficient (Wildman–Crippen LogP) is 6.19. The summed E-state index contributed by atoms with van der Waals surface area (Å²) >= 11 is 0. The number of allylic oxidation sites excluding steroid dienone is 2. The minimum Gasteiger partial charge on any atom is -0.394 e. The fourth-order valence-electron chi connectivity index (χ4n) is 4.10. The van der Waals surface area contributed by atoms with E-state index in [-0.39, 0.29) is 12.5 Å². The first kappa shape index (κ1) is 32.1. The first-order valence-corrected chi connectivity index (χ1v) is 14.0. The molecule has 0 aromatic heterocycles. The number of rotatable bonds is 24. The molecule has 5 heteroatoms. The normalized spacial score (nSPS) is 14.5. The molecule has 0 radical (unpaired) electrons. The first-order chi connectivity index (χ1) is 16.1. The van der Waals surface area contributed by atoms with Crippen molar-refractivity contribution in [1.82, 2.24) is 5.32 Å². The van der Waals surface area contributed by atoms with Gasteiger partial charge in [-0.1, -0.05) is 109 Å². The Bertz CT molecular complexity index is 455. The summed E-state index contributed by atoms with van der Waals surface area (Å²) in [6, 6.07) is -0.815. The molecule has 0 fully saturated rings. The van der Waals surface area contributed by atoms with Crippen molar-refractivity contribution < 1.29 is 20.1 Å². The van der Waals surface area contributed by atoms with Crippen LogP contribution in [-0.4, -0.2) is 46.1 Å². The number of amides is 1. The van der Waals surface area contributed by atoms with Crippen LogP contribution in [-0.2, 0) is 4.79 Å². The SMILES string of the molecule is CCCCCC/C=C\CCCC(=O)NC(CO)C(O)C(O)CCCCCCCCCCCC. The van der Waals surface area contributed by atoms with E-state index in [2.05, 4.69) is 31.3 Å². The van der Waals surface area contributed by atoms with Gasteiger partial charge in [0.15, 0.2) is 0 Å². The highest BCUT2D eigenvalue weighted by Crippen LogP contribution is 2.14. The summed E-state index contributed by atoms with van der Waals surface area (Å²) in [4.78, 5) is 12.2. The average molecular weight is 470 g/mol. The molecular formula is C28H55NO4. The van der Waals surface area contributed by atoms with Gasteiger partial charge < -0.3 is 20.6 Å². The second-order valence-electron chi connectivity index (χ2n) is 9.60. The second kappa shape index (κ2) is 24.2. The molecule has 1 amide bonds. The Labute approximate surface area is 204 Å². The second-order valence-corrected chi connectivity index (χ2v) is 9.60. The third kappa shape index (κ3) is 20.2. The third-order valence-corrected chi connectivity index (χ3v) is 6.37. The standard InChI is InChI=1S/C28H55NO4/c1-3-5-7-9-11-13-15-16-18-20-22-26(31)28(33)25(24-30)29-27(32)23-21-19-17-14-12-10-8-6-4-2/h14,17,25-26,28,30-31,33H,3-13,15-16,18-24H2,1-2H3,(H,29,32)/b17-14-. The number of nitrogens with one attached hydrogen (secondary N) is 1. The first-order valence-electron chi connectivity index (χ1n) is 14.0. The molecule has 0 aromatic carbocycles. The minimum absolute atomic E-state index is 0.185. The Morgan fingerprint density at radius 2 is 1.21 bits per heavy atom. The number of carbonyl (C=O) groups excluding carboxylic acids is 1. The van der Waals surface area contributed by atoms with Gasteiger partial charge in [0, 0.05) is 6.42 Å². The Balaban J connectivity index is 3.86. The molecule has 0 saturated heterocycles. The number of hydrogen-bond acceptors (Lipinski definition) is 4. The van der Waals surface area contributed by atoms with Crippen molar-refractivity contribution in [2.45, 2.75) is 154 Å². The quantitative estimate of drug-likeness (QED) is 0.100. The number of unbranched alkanes of at least 4 members (excludes halogenated alkanes) is 14. The largest absolute Gasteiger partial charge is 0.394 e. The molecule has 33 heavy (non-hydrogen) atoms. The molecule has 4 N–H and O–H groups in total. The van der Waals surface area contributed by atoms with E-state index in [0.717, 1.165) is 38.5 Å². The molecule has 3 atom stereocenters. The summed E-state index contributed by atoms with van der Waals surface area (Å²) in [7, 11) is 0. The zero-order valence-electron chi connectivity index (χ0n) is 21.8. The zero-order valence-corrected chi connectivity index (χ0v) is 21.8. The van der Waals surface area contributed by atoms with Crippen LogP contribution >= 0.6 is 0 Å². The smallest absolute Gasteiger partial charge is 0.220 e. The summed E-state index contributed by atoms with van der Waals surface area (Å²) in [5.74, 6) is -0.185. The highest BCUT2D eigenvalue weighted by molar-refractivity contribution is 5.76. The molecule has 5 nitrogen and oxygen atoms in total. The Kier molecular flexibility index (Phi) is 23.6. The van der Waals surface area contributed by atoms with Crippen molar-refractivity contribution in [2.24, 2.45) is 0 Å². The van der Waals surface area contributed by atoms with E-state index in [9.17, 15) is 20.1 Å². The number of carbonyl (C=O) groups is 1.